The molecule has 0 aliphatic rings. The normalized spacial score (nSPS) is 11.5. The van der Waals surface area contributed by atoms with Crippen molar-refractivity contribution in [3.8, 4) is 0 Å². The van der Waals surface area contributed by atoms with Crippen LogP contribution in [-0.4, -0.2) is 4.98 Å². The second kappa shape index (κ2) is 3.51. The molecule has 0 radical (unpaired) electrons. The number of pyridine rings is 1. The third-order valence-electron chi connectivity index (χ3n) is 1.30. The Hall–Kier alpha value is -0.820. The summed E-state index contributed by atoms with van der Waals surface area (Å²) in [6, 6.07) is 2.04. The van der Waals surface area contributed by atoms with Crippen LogP contribution in [0, 0.1) is 0 Å². The lowest BCUT2D eigenvalue weighted by molar-refractivity contribution is -0.138. The number of alkyl halides is 3. The fraction of sp³-hybridized carbons (Fsp3) is 0.167. The molecule has 0 fully saturated rings. The quantitative estimate of drug-likeness (QED) is 0.460. The predicted molar refractivity (Wildman–Crippen MR) is 44.7 cm³/mol. The first-order valence-electron chi connectivity index (χ1n) is 3.15. The number of hydrazine groups is 1. The van der Waals surface area contributed by atoms with Gasteiger partial charge in [0.1, 0.15) is 10.4 Å². The van der Waals surface area contributed by atoms with Crippen molar-refractivity contribution in [2.75, 3.05) is 5.43 Å². The van der Waals surface area contributed by atoms with E-state index in [9.17, 15) is 13.2 Å². The predicted octanol–water partition coefficient (Wildman–Crippen LogP) is 2.15. The van der Waals surface area contributed by atoms with Crippen LogP contribution in [-0.2, 0) is 6.18 Å². The van der Waals surface area contributed by atoms with Crippen molar-refractivity contribution in [3.05, 3.63) is 22.3 Å². The van der Waals surface area contributed by atoms with Crippen LogP contribution in [0.3, 0.4) is 0 Å². The number of anilines is 1. The molecule has 1 heterocycles. The lowest BCUT2D eigenvalue weighted by atomic mass is 10.3. The van der Waals surface area contributed by atoms with Gasteiger partial charge < -0.3 is 5.43 Å². The molecule has 0 bridgehead atoms. The van der Waals surface area contributed by atoms with Crippen molar-refractivity contribution in [2.24, 2.45) is 5.84 Å². The molecule has 1 rings (SSSR count). The smallest absolute Gasteiger partial charge is 0.308 e. The average molecular weight is 256 g/mol. The molecule has 0 spiro atoms. The Kier molecular flexibility index (Phi) is 2.77. The lowest BCUT2D eigenvalue weighted by Gasteiger charge is -2.08. The fourth-order valence-corrected chi connectivity index (χ4v) is 1.27. The molecule has 0 unspecified atom stereocenters. The number of rotatable bonds is 1. The molecule has 72 valence electrons. The molecule has 0 aliphatic carbocycles. The van der Waals surface area contributed by atoms with Gasteiger partial charge in [-0.05, 0) is 28.1 Å². The van der Waals surface area contributed by atoms with Gasteiger partial charge in [-0.3, -0.25) is 0 Å². The van der Waals surface area contributed by atoms with E-state index in [1.54, 1.807) is 0 Å². The van der Waals surface area contributed by atoms with Crippen LogP contribution in [0.15, 0.2) is 16.7 Å². The molecule has 7 heteroatoms. The van der Waals surface area contributed by atoms with E-state index in [0.717, 1.165) is 12.1 Å². The molecular weight excluding hydrogens is 251 g/mol. The zero-order valence-corrected chi connectivity index (χ0v) is 7.78. The molecule has 0 saturated carbocycles. The summed E-state index contributed by atoms with van der Waals surface area (Å²) >= 11 is 2.70. The first-order chi connectivity index (χ1) is 5.95. The van der Waals surface area contributed by atoms with Gasteiger partial charge in [0.05, 0.1) is 5.56 Å². The zero-order chi connectivity index (χ0) is 10.1. The highest BCUT2D eigenvalue weighted by Gasteiger charge is 2.33. The second-order valence-corrected chi connectivity index (χ2v) is 2.93. The molecule has 0 aromatic carbocycles. The number of nitrogens with zero attached hydrogens (tertiary/aromatic N) is 1. The highest BCUT2D eigenvalue weighted by atomic mass is 79.9. The van der Waals surface area contributed by atoms with Crippen molar-refractivity contribution in [3.63, 3.8) is 0 Å². The minimum absolute atomic E-state index is 0.167. The van der Waals surface area contributed by atoms with Gasteiger partial charge in [0.2, 0.25) is 0 Å². The van der Waals surface area contributed by atoms with Crippen molar-refractivity contribution in [1.82, 2.24) is 4.98 Å². The van der Waals surface area contributed by atoms with E-state index < -0.39 is 11.7 Å². The van der Waals surface area contributed by atoms with Crippen LogP contribution >= 0.6 is 15.9 Å². The van der Waals surface area contributed by atoms with Crippen LogP contribution in [0.2, 0.25) is 0 Å². The summed E-state index contributed by atoms with van der Waals surface area (Å²) in [6.07, 6.45) is -4.40. The molecule has 1 aromatic rings. The maximum Gasteiger partial charge on any atom is 0.419 e. The standard InChI is InChI=1S/C6H5BrF3N3/c7-5-3(6(8,9)10)1-2-4(12-5)13-11/h1-2H,11H2,(H,12,13). The maximum absolute atomic E-state index is 12.2. The minimum atomic E-state index is -4.40. The molecule has 0 saturated heterocycles. The summed E-state index contributed by atoms with van der Waals surface area (Å²) in [5.41, 5.74) is 1.31. The van der Waals surface area contributed by atoms with Crippen molar-refractivity contribution in [1.29, 1.82) is 0 Å². The second-order valence-electron chi connectivity index (χ2n) is 2.18. The van der Waals surface area contributed by atoms with Gasteiger partial charge in [0.15, 0.2) is 0 Å². The number of nitrogens with one attached hydrogen (secondary N) is 1. The third kappa shape index (κ3) is 2.31. The Morgan fingerprint density at radius 3 is 2.38 bits per heavy atom. The monoisotopic (exact) mass is 255 g/mol. The first-order valence-corrected chi connectivity index (χ1v) is 3.95. The topological polar surface area (TPSA) is 50.9 Å². The average Bonchev–Trinajstić information content (AvgIpc) is 2.01. The summed E-state index contributed by atoms with van der Waals surface area (Å²) in [5, 5.41) is 0. The molecule has 0 atom stereocenters. The van der Waals surface area contributed by atoms with E-state index in [1.807, 2.05) is 0 Å². The summed E-state index contributed by atoms with van der Waals surface area (Å²) in [5.74, 6) is 5.13. The van der Waals surface area contributed by atoms with Crippen LogP contribution in [0.25, 0.3) is 0 Å². The number of nitrogen functional groups attached to an aromatic ring is 1. The largest absolute Gasteiger partial charge is 0.419 e. The number of hydrogen-bond donors (Lipinski definition) is 2. The van der Waals surface area contributed by atoms with E-state index in [2.05, 4.69) is 26.3 Å². The van der Waals surface area contributed by atoms with E-state index in [0.29, 0.717) is 0 Å². The molecule has 13 heavy (non-hydrogen) atoms. The first kappa shape index (κ1) is 10.3. The van der Waals surface area contributed by atoms with E-state index in [4.69, 9.17) is 5.84 Å². The van der Waals surface area contributed by atoms with Crippen molar-refractivity contribution >= 4 is 21.7 Å². The van der Waals surface area contributed by atoms with E-state index in [-0.39, 0.29) is 10.4 Å². The number of nitrogens with two attached hydrogens (primary N) is 1. The number of hydrogen-bond acceptors (Lipinski definition) is 3. The van der Waals surface area contributed by atoms with Crippen molar-refractivity contribution < 1.29 is 13.2 Å². The SMILES string of the molecule is NNc1ccc(C(F)(F)F)c(Br)n1. The van der Waals surface area contributed by atoms with Crippen LogP contribution in [0.4, 0.5) is 19.0 Å². The molecule has 0 aliphatic heterocycles. The highest BCUT2D eigenvalue weighted by Crippen LogP contribution is 2.34. The molecular formula is C6H5BrF3N3. The number of aromatic nitrogens is 1. The van der Waals surface area contributed by atoms with Crippen LogP contribution in [0.1, 0.15) is 5.56 Å². The Labute approximate surface area is 80.2 Å². The Morgan fingerprint density at radius 2 is 2.00 bits per heavy atom. The van der Waals surface area contributed by atoms with E-state index >= 15 is 0 Å². The number of halogens is 4. The van der Waals surface area contributed by atoms with Gasteiger partial charge in [-0.15, -0.1) is 0 Å². The van der Waals surface area contributed by atoms with Gasteiger partial charge in [0.25, 0.3) is 0 Å². The fourth-order valence-electron chi connectivity index (χ4n) is 0.726. The van der Waals surface area contributed by atoms with Gasteiger partial charge in [0, 0.05) is 0 Å². The van der Waals surface area contributed by atoms with E-state index in [1.165, 1.54) is 0 Å². The van der Waals surface area contributed by atoms with Gasteiger partial charge >= 0.3 is 6.18 Å². The summed E-state index contributed by atoms with van der Waals surface area (Å²) in [4.78, 5) is 3.52. The molecule has 1 aromatic heterocycles. The van der Waals surface area contributed by atoms with Crippen LogP contribution in [0.5, 0.6) is 0 Å². The Balaban J connectivity index is 3.13. The van der Waals surface area contributed by atoms with Crippen molar-refractivity contribution in [2.45, 2.75) is 6.18 Å². The van der Waals surface area contributed by atoms with Gasteiger partial charge in [-0.1, -0.05) is 0 Å². The molecule has 3 nitrogen and oxygen atoms in total. The summed E-state index contributed by atoms with van der Waals surface area (Å²) in [6.45, 7) is 0. The van der Waals surface area contributed by atoms with Gasteiger partial charge in [-0.25, -0.2) is 10.8 Å². The summed E-state index contributed by atoms with van der Waals surface area (Å²) < 4.78 is 36.2. The molecule has 0 amide bonds. The highest BCUT2D eigenvalue weighted by molar-refractivity contribution is 9.10. The lowest BCUT2D eigenvalue weighted by Crippen LogP contribution is -2.11. The van der Waals surface area contributed by atoms with Crippen LogP contribution < -0.4 is 11.3 Å². The summed E-state index contributed by atoms with van der Waals surface area (Å²) in [7, 11) is 0. The minimum Gasteiger partial charge on any atom is -0.308 e. The Morgan fingerprint density at radius 1 is 1.38 bits per heavy atom. The van der Waals surface area contributed by atoms with Gasteiger partial charge in [-0.2, -0.15) is 13.2 Å². The Bertz CT molecular complexity index is 312. The zero-order valence-electron chi connectivity index (χ0n) is 6.19. The molecule has 3 N–H and O–H groups in total. The third-order valence-corrected chi connectivity index (χ3v) is 1.91. The maximum atomic E-state index is 12.2.